The maximum absolute atomic E-state index is 12.2. The van der Waals surface area contributed by atoms with Gasteiger partial charge in [-0.2, -0.15) is 0 Å². The van der Waals surface area contributed by atoms with Crippen molar-refractivity contribution in [2.24, 2.45) is 0 Å². The van der Waals surface area contributed by atoms with Crippen LogP contribution in [-0.4, -0.2) is 90.3 Å². The number of morpholine rings is 1. The van der Waals surface area contributed by atoms with Gasteiger partial charge in [0.25, 0.3) is 0 Å². The van der Waals surface area contributed by atoms with Crippen molar-refractivity contribution in [1.29, 1.82) is 0 Å². The third-order valence-corrected chi connectivity index (χ3v) is 5.90. The Hall–Kier alpha value is -0.250. The van der Waals surface area contributed by atoms with E-state index in [9.17, 15) is 8.42 Å². The van der Waals surface area contributed by atoms with Crippen LogP contribution in [0.25, 0.3) is 0 Å². The van der Waals surface area contributed by atoms with Crippen LogP contribution >= 0.6 is 0 Å². The van der Waals surface area contributed by atoms with Gasteiger partial charge in [-0.15, -0.1) is 0 Å². The number of hydrogen-bond donors (Lipinski definition) is 1. The van der Waals surface area contributed by atoms with Gasteiger partial charge in [-0.1, -0.05) is 0 Å². The van der Waals surface area contributed by atoms with Crippen LogP contribution in [0.1, 0.15) is 0 Å². The molecule has 0 bridgehead atoms. The molecule has 0 aromatic rings. The molecule has 8 heteroatoms. The molecule has 2 aliphatic heterocycles. The first-order chi connectivity index (χ1) is 9.63. The minimum absolute atomic E-state index is 0.101. The number of sulfone groups is 1. The molecule has 2 unspecified atom stereocenters. The predicted octanol–water partition coefficient (Wildman–Crippen LogP) is -1.31. The van der Waals surface area contributed by atoms with Crippen molar-refractivity contribution in [2.45, 2.75) is 11.3 Å². The zero-order chi connectivity index (χ0) is 14.4. The lowest BCUT2D eigenvalue weighted by Crippen LogP contribution is -2.59. The van der Waals surface area contributed by atoms with E-state index in [1.54, 1.807) is 7.11 Å². The second-order valence-corrected chi connectivity index (χ2v) is 7.50. The predicted molar refractivity (Wildman–Crippen MR) is 74.5 cm³/mol. The molecule has 0 spiro atoms. The van der Waals surface area contributed by atoms with Crippen molar-refractivity contribution in [1.82, 2.24) is 10.2 Å². The van der Waals surface area contributed by atoms with Gasteiger partial charge in [-0.25, -0.2) is 8.42 Å². The van der Waals surface area contributed by atoms with Crippen molar-refractivity contribution < 1.29 is 22.6 Å². The van der Waals surface area contributed by atoms with E-state index in [0.29, 0.717) is 39.5 Å². The second kappa shape index (κ2) is 7.67. The average molecular weight is 308 g/mol. The van der Waals surface area contributed by atoms with Gasteiger partial charge in [-0.3, -0.25) is 4.90 Å². The lowest BCUT2D eigenvalue weighted by molar-refractivity contribution is -0.0368. The van der Waals surface area contributed by atoms with Crippen molar-refractivity contribution in [3.8, 4) is 0 Å². The molecule has 2 saturated heterocycles. The summed E-state index contributed by atoms with van der Waals surface area (Å²) in [6.07, 6.45) is 0. The molecular weight excluding hydrogens is 284 g/mol. The average Bonchev–Trinajstić information content (AvgIpc) is 2.46. The Morgan fingerprint density at radius 1 is 1.45 bits per heavy atom. The summed E-state index contributed by atoms with van der Waals surface area (Å²) in [5.74, 6) is 0.208. The highest BCUT2D eigenvalue weighted by Crippen LogP contribution is 2.17. The van der Waals surface area contributed by atoms with E-state index in [1.807, 2.05) is 0 Å². The Labute approximate surface area is 120 Å². The minimum atomic E-state index is -3.04. The van der Waals surface area contributed by atoms with E-state index in [0.717, 1.165) is 6.54 Å². The van der Waals surface area contributed by atoms with Gasteiger partial charge in [0.05, 0.1) is 30.8 Å². The molecule has 0 saturated carbocycles. The van der Waals surface area contributed by atoms with E-state index in [2.05, 4.69) is 10.2 Å². The van der Waals surface area contributed by atoms with Gasteiger partial charge in [0.1, 0.15) is 6.79 Å². The molecule has 7 nitrogen and oxygen atoms in total. The van der Waals surface area contributed by atoms with Crippen LogP contribution in [0.15, 0.2) is 0 Å². The van der Waals surface area contributed by atoms with E-state index in [4.69, 9.17) is 14.2 Å². The molecule has 2 heterocycles. The SMILES string of the molecule is COCOCCN1CCS(=O)(=O)C(C2COCCN2)C1. The molecule has 20 heavy (non-hydrogen) atoms. The highest BCUT2D eigenvalue weighted by atomic mass is 32.2. The van der Waals surface area contributed by atoms with Crippen LogP contribution in [0.2, 0.25) is 0 Å². The number of nitrogens with zero attached hydrogens (tertiary/aromatic N) is 1. The van der Waals surface area contributed by atoms with Gasteiger partial charge in [-0.05, 0) is 0 Å². The molecule has 2 aliphatic rings. The summed E-state index contributed by atoms with van der Waals surface area (Å²) < 4.78 is 39.9. The maximum atomic E-state index is 12.2. The fourth-order valence-electron chi connectivity index (χ4n) is 2.61. The Balaban J connectivity index is 1.87. The molecule has 1 N–H and O–H groups in total. The monoisotopic (exact) mass is 308 g/mol. The molecule has 2 atom stereocenters. The summed E-state index contributed by atoms with van der Waals surface area (Å²) in [5, 5.41) is 2.87. The summed E-state index contributed by atoms with van der Waals surface area (Å²) in [6.45, 7) is 4.50. The largest absolute Gasteiger partial charge is 0.378 e. The molecule has 2 fully saturated rings. The number of methoxy groups -OCH3 is 1. The van der Waals surface area contributed by atoms with Crippen LogP contribution in [0.3, 0.4) is 0 Å². The van der Waals surface area contributed by atoms with Crippen molar-refractivity contribution >= 4 is 9.84 Å². The Bertz CT molecular complexity index is 383. The van der Waals surface area contributed by atoms with Crippen molar-refractivity contribution in [2.75, 3.05) is 65.7 Å². The van der Waals surface area contributed by atoms with E-state index in [-0.39, 0.29) is 23.8 Å². The maximum Gasteiger partial charge on any atom is 0.157 e. The molecule has 0 aromatic heterocycles. The van der Waals surface area contributed by atoms with Crippen LogP contribution in [0.4, 0.5) is 0 Å². The Morgan fingerprint density at radius 3 is 3.00 bits per heavy atom. The quantitative estimate of drug-likeness (QED) is 0.482. The van der Waals surface area contributed by atoms with E-state index in [1.165, 1.54) is 0 Å². The first kappa shape index (κ1) is 16.1. The highest BCUT2D eigenvalue weighted by Gasteiger charge is 2.39. The molecule has 0 aromatic carbocycles. The van der Waals surface area contributed by atoms with Gasteiger partial charge in [0, 0.05) is 39.3 Å². The highest BCUT2D eigenvalue weighted by molar-refractivity contribution is 7.92. The molecule has 0 aliphatic carbocycles. The topological polar surface area (TPSA) is 77.1 Å². The molecule has 0 radical (unpaired) electrons. The van der Waals surface area contributed by atoms with E-state index >= 15 is 0 Å². The molecular formula is C12H24N2O5S. The molecule has 0 amide bonds. The first-order valence-corrected chi connectivity index (χ1v) is 8.67. The summed E-state index contributed by atoms with van der Waals surface area (Å²) in [7, 11) is -1.46. The molecule has 118 valence electrons. The van der Waals surface area contributed by atoms with Gasteiger partial charge >= 0.3 is 0 Å². The third-order valence-electron chi connectivity index (χ3n) is 3.74. The zero-order valence-electron chi connectivity index (χ0n) is 11.9. The Morgan fingerprint density at radius 2 is 2.30 bits per heavy atom. The second-order valence-electron chi connectivity index (χ2n) is 5.16. The van der Waals surface area contributed by atoms with Gasteiger partial charge in [0.15, 0.2) is 9.84 Å². The standard InChI is InChI=1S/C12H24N2O5S/c1-17-10-19-6-3-14-4-7-20(15,16)12(8-14)11-9-18-5-2-13-11/h11-13H,2-10H2,1H3. The summed E-state index contributed by atoms with van der Waals surface area (Å²) in [6, 6.07) is -0.101. The number of nitrogens with one attached hydrogen (secondary N) is 1. The number of hydrogen-bond acceptors (Lipinski definition) is 7. The molecule has 2 rings (SSSR count). The lowest BCUT2D eigenvalue weighted by Gasteiger charge is -2.38. The lowest BCUT2D eigenvalue weighted by atomic mass is 10.1. The van der Waals surface area contributed by atoms with Crippen LogP contribution in [-0.2, 0) is 24.0 Å². The normalized spacial score (nSPS) is 31.2. The van der Waals surface area contributed by atoms with Gasteiger partial charge < -0.3 is 19.5 Å². The fourth-order valence-corrected chi connectivity index (χ4v) is 4.54. The fraction of sp³-hybridized carbons (Fsp3) is 1.00. The van der Waals surface area contributed by atoms with Crippen LogP contribution in [0.5, 0.6) is 0 Å². The van der Waals surface area contributed by atoms with E-state index < -0.39 is 9.84 Å². The van der Waals surface area contributed by atoms with Crippen molar-refractivity contribution in [3.05, 3.63) is 0 Å². The summed E-state index contributed by atoms with van der Waals surface area (Å²) in [4.78, 5) is 2.14. The van der Waals surface area contributed by atoms with Crippen LogP contribution < -0.4 is 5.32 Å². The summed E-state index contributed by atoms with van der Waals surface area (Å²) >= 11 is 0. The van der Waals surface area contributed by atoms with Crippen molar-refractivity contribution in [3.63, 3.8) is 0 Å². The summed E-state index contributed by atoms with van der Waals surface area (Å²) in [5.41, 5.74) is 0. The smallest absolute Gasteiger partial charge is 0.157 e. The minimum Gasteiger partial charge on any atom is -0.378 e. The number of ether oxygens (including phenoxy) is 3. The Kier molecular flexibility index (Phi) is 6.19. The third kappa shape index (κ3) is 4.37. The number of rotatable bonds is 6. The first-order valence-electron chi connectivity index (χ1n) is 6.95. The zero-order valence-corrected chi connectivity index (χ0v) is 12.7. The van der Waals surface area contributed by atoms with Crippen LogP contribution in [0, 0.1) is 0 Å². The van der Waals surface area contributed by atoms with Gasteiger partial charge in [0.2, 0.25) is 0 Å².